The molecule has 0 fully saturated rings. The van der Waals surface area contributed by atoms with Gasteiger partial charge in [-0.05, 0) is 31.0 Å². The predicted molar refractivity (Wildman–Crippen MR) is 64.7 cm³/mol. The Hall–Kier alpha value is -1.36. The van der Waals surface area contributed by atoms with Gasteiger partial charge in [-0.3, -0.25) is 14.3 Å². The van der Waals surface area contributed by atoms with E-state index >= 15 is 0 Å². The molecule has 0 spiro atoms. The summed E-state index contributed by atoms with van der Waals surface area (Å²) in [5.41, 5.74) is 1.03. The monoisotopic (exact) mass is 257 g/mol. The van der Waals surface area contributed by atoms with Gasteiger partial charge in [-0.1, -0.05) is 0 Å². The maximum absolute atomic E-state index is 11.4. The Labute approximate surface area is 105 Å². The van der Waals surface area contributed by atoms with E-state index < -0.39 is 0 Å². The first-order valence-electron chi connectivity index (χ1n) is 5.53. The Morgan fingerprint density at radius 1 is 1.47 bits per heavy atom. The Kier molecular flexibility index (Phi) is 5.69. The molecule has 94 valence electrons. The number of nitrogens with zero attached hydrogens (tertiary/aromatic N) is 2. The van der Waals surface area contributed by atoms with E-state index in [0.717, 1.165) is 5.69 Å². The van der Waals surface area contributed by atoms with Gasteiger partial charge < -0.3 is 5.32 Å². The molecule has 0 aromatic carbocycles. The lowest BCUT2D eigenvalue weighted by Gasteiger charge is -2.05. The SMILES string of the molecule is Cc1ccnn1CCC(=O)NCCCC(=O)Cl. The number of carbonyl (C=O) groups is 2. The molecule has 1 amide bonds. The molecule has 6 heteroatoms. The van der Waals surface area contributed by atoms with Crippen LogP contribution in [0.25, 0.3) is 0 Å². The summed E-state index contributed by atoms with van der Waals surface area (Å²) in [7, 11) is 0. The third-order valence-electron chi connectivity index (χ3n) is 2.35. The van der Waals surface area contributed by atoms with Crippen molar-refractivity contribution in [1.82, 2.24) is 15.1 Å². The molecule has 0 saturated carbocycles. The zero-order valence-corrected chi connectivity index (χ0v) is 10.5. The molecule has 0 bridgehead atoms. The number of rotatable bonds is 7. The first-order valence-corrected chi connectivity index (χ1v) is 5.91. The van der Waals surface area contributed by atoms with Crippen LogP contribution in [-0.2, 0) is 16.1 Å². The van der Waals surface area contributed by atoms with Gasteiger partial charge in [-0.25, -0.2) is 0 Å². The van der Waals surface area contributed by atoms with Crippen molar-refractivity contribution in [2.24, 2.45) is 0 Å². The smallest absolute Gasteiger partial charge is 0.221 e. The van der Waals surface area contributed by atoms with Crippen molar-refractivity contribution >= 4 is 22.8 Å². The van der Waals surface area contributed by atoms with Crippen molar-refractivity contribution in [2.75, 3.05) is 6.54 Å². The second-order valence-corrected chi connectivity index (χ2v) is 4.18. The summed E-state index contributed by atoms with van der Waals surface area (Å²) in [4.78, 5) is 21.9. The van der Waals surface area contributed by atoms with E-state index in [1.165, 1.54) is 0 Å². The van der Waals surface area contributed by atoms with E-state index in [-0.39, 0.29) is 11.1 Å². The molecule has 1 rings (SSSR count). The fourth-order valence-corrected chi connectivity index (χ4v) is 1.52. The number of amides is 1. The second kappa shape index (κ2) is 7.06. The van der Waals surface area contributed by atoms with E-state index in [4.69, 9.17) is 11.6 Å². The van der Waals surface area contributed by atoms with Crippen LogP contribution >= 0.6 is 11.6 Å². The van der Waals surface area contributed by atoms with Gasteiger partial charge >= 0.3 is 0 Å². The Morgan fingerprint density at radius 3 is 2.82 bits per heavy atom. The Morgan fingerprint density at radius 2 is 2.24 bits per heavy atom. The largest absolute Gasteiger partial charge is 0.356 e. The van der Waals surface area contributed by atoms with Crippen LogP contribution < -0.4 is 5.32 Å². The van der Waals surface area contributed by atoms with Gasteiger partial charge in [-0.15, -0.1) is 0 Å². The lowest BCUT2D eigenvalue weighted by atomic mass is 10.3. The van der Waals surface area contributed by atoms with Gasteiger partial charge in [0.1, 0.15) is 0 Å². The minimum atomic E-state index is -0.369. The van der Waals surface area contributed by atoms with Crippen LogP contribution in [0.15, 0.2) is 12.3 Å². The standard InChI is InChI=1S/C11H16ClN3O2/c1-9-4-7-14-15(9)8-5-11(17)13-6-2-3-10(12)16/h4,7H,2-3,5-6,8H2,1H3,(H,13,17). The average molecular weight is 258 g/mol. The molecule has 1 heterocycles. The average Bonchev–Trinajstić information content (AvgIpc) is 2.67. The number of aryl methyl sites for hydroxylation is 2. The second-order valence-electron chi connectivity index (χ2n) is 3.75. The molecule has 0 saturated heterocycles. The van der Waals surface area contributed by atoms with Crippen molar-refractivity contribution in [3.05, 3.63) is 18.0 Å². The molecule has 1 N–H and O–H groups in total. The fraction of sp³-hybridized carbons (Fsp3) is 0.545. The molecule has 1 aromatic rings. The van der Waals surface area contributed by atoms with Crippen molar-refractivity contribution in [1.29, 1.82) is 0 Å². The van der Waals surface area contributed by atoms with E-state index in [1.807, 2.05) is 13.0 Å². The van der Waals surface area contributed by atoms with E-state index in [1.54, 1.807) is 10.9 Å². The van der Waals surface area contributed by atoms with Gasteiger partial charge in [0.2, 0.25) is 11.1 Å². The molecule has 0 atom stereocenters. The van der Waals surface area contributed by atoms with Crippen LogP contribution in [-0.4, -0.2) is 27.5 Å². The van der Waals surface area contributed by atoms with Crippen LogP contribution in [0.4, 0.5) is 0 Å². The number of aromatic nitrogens is 2. The van der Waals surface area contributed by atoms with E-state index in [2.05, 4.69) is 10.4 Å². The molecule has 1 aromatic heterocycles. The molecule has 5 nitrogen and oxygen atoms in total. The van der Waals surface area contributed by atoms with Crippen LogP contribution in [0.5, 0.6) is 0 Å². The highest BCUT2D eigenvalue weighted by atomic mass is 35.5. The molecule has 0 aliphatic rings. The summed E-state index contributed by atoms with van der Waals surface area (Å²) < 4.78 is 1.78. The van der Waals surface area contributed by atoms with Crippen molar-refractivity contribution < 1.29 is 9.59 Å². The molecule has 0 unspecified atom stereocenters. The molecule has 0 aliphatic heterocycles. The van der Waals surface area contributed by atoms with Gasteiger partial charge in [0, 0.05) is 37.8 Å². The highest BCUT2D eigenvalue weighted by Gasteiger charge is 2.03. The van der Waals surface area contributed by atoms with Crippen molar-refractivity contribution in [3.63, 3.8) is 0 Å². The maximum atomic E-state index is 11.4. The number of hydrogen-bond donors (Lipinski definition) is 1. The third kappa shape index (κ3) is 5.49. The molecule has 0 aliphatic carbocycles. The van der Waals surface area contributed by atoms with Gasteiger partial charge in [-0.2, -0.15) is 5.10 Å². The van der Waals surface area contributed by atoms with Crippen LogP contribution in [0.2, 0.25) is 0 Å². The fourth-order valence-electron chi connectivity index (χ4n) is 1.38. The van der Waals surface area contributed by atoms with Gasteiger partial charge in [0.25, 0.3) is 0 Å². The summed E-state index contributed by atoms with van der Waals surface area (Å²) in [6, 6.07) is 1.89. The summed E-state index contributed by atoms with van der Waals surface area (Å²) in [5.74, 6) is -0.0399. The van der Waals surface area contributed by atoms with Crippen molar-refractivity contribution in [2.45, 2.75) is 32.7 Å². The Bertz CT molecular complexity index is 390. The Balaban J connectivity index is 2.13. The van der Waals surface area contributed by atoms with Crippen LogP contribution in [0, 0.1) is 6.92 Å². The predicted octanol–water partition coefficient (Wildman–Crippen LogP) is 1.24. The first kappa shape index (κ1) is 13.7. The molecule has 17 heavy (non-hydrogen) atoms. The normalized spacial score (nSPS) is 10.2. The quantitative estimate of drug-likeness (QED) is 0.591. The van der Waals surface area contributed by atoms with E-state index in [0.29, 0.717) is 32.4 Å². The summed E-state index contributed by atoms with van der Waals surface area (Å²) in [6.45, 7) is 2.99. The highest BCUT2D eigenvalue weighted by molar-refractivity contribution is 6.63. The summed E-state index contributed by atoms with van der Waals surface area (Å²) in [5, 5.41) is 6.44. The van der Waals surface area contributed by atoms with Crippen molar-refractivity contribution in [3.8, 4) is 0 Å². The number of carbonyl (C=O) groups excluding carboxylic acids is 2. The number of halogens is 1. The maximum Gasteiger partial charge on any atom is 0.221 e. The zero-order valence-electron chi connectivity index (χ0n) is 9.78. The minimum absolute atomic E-state index is 0.0399. The lowest BCUT2D eigenvalue weighted by molar-refractivity contribution is -0.121. The number of hydrogen-bond acceptors (Lipinski definition) is 3. The molecular weight excluding hydrogens is 242 g/mol. The van der Waals surface area contributed by atoms with E-state index in [9.17, 15) is 9.59 Å². The zero-order chi connectivity index (χ0) is 12.7. The van der Waals surface area contributed by atoms with Crippen LogP contribution in [0.1, 0.15) is 25.0 Å². The van der Waals surface area contributed by atoms with Crippen LogP contribution in [0.3, 0.4) is 0 Å². The van der Waals surface area contributed by atoms with Gasteiger partial charge in [0.15, 0.2) is 0 Å². The first-order chi connectivity index (χ1) is 8.09. The third-order valence-corrected chi connectivity index (χ3v) is 2.54. The minimum Gasteiger partial charge on any atom is -0.356 e. The number of nitrogens with one attached hydrogen (secondary N) is 1. The summed E-state index contributed by atoms with van der Waals surface area (Å²) in [6.07, 6.45) is 2.96. The lowest BCUT2D eigenvalue weighted by Crippen LogP contribution is -2.26. The highest BCUT2D eigenvalue weighted by Crippen LogP contribution is 1.98. The summed E-state index contributed by atoms with van der Waals surface area (Å²) >= 11 is 5.18. The van der Waals surface area contributed by atoms with Gasteiger partial charge in [0.05, 0.1) is 0 Å². The topological polar surface area (TPSA) is 64.0 Å². The molecular formula is C11H16ClN3O2. The molecule has 0 radical (unpaired) electrons.